The summed E-state index contributed by atoms with van der Waals surface area (Å²) in [5, 5.41) is 13.6. The van der Waals surface area contributed by atoms with Crippen LogP contribution in [0.1, 0.15) is 10.4 Å². The number of nitro groups is 1. The number of anilines is 1. The van der Waals surface area contributed by atoms with Crippen molar-refractivity contribution in [1.82, 2.24) is 4.31 Å². The van der Waals surface area contributed by atoms with E-state index in [1.807, 2.05) is 18.4 Å². The van der Waals surface area contributed by atoms with Gasteiger partial charge in [0.05, 0.1) is 29.6 Å². The molecule has 2 heterocycles. The molecule has 8 nitrogen and oxygen atoms in total. The Labute approximate surface area is 162 Å². The first-order chi connectivity index (χ1) is 12.8. The summed E-state index contributed by atoms with van der Waals surface area (Å²) in [6, 6.07) is 6.09. The van der Waals surface area contributed by atoms with Crippen molar-refractivity contribution in [2.75, 3.05) is 38.3 Å². The van der Waals surface area contributed by atoms with E-state index in [1.165, 1.54) is 16.4 Å². The maximum absolute atomic E-state index is 12.8. The number of hydrogen-bond donors (Lipinski definition) is 0. The van der Waals surface area contributed by atoms with E-state index in [-0.39, 0.29) is 23.7 Å². The maximum Gasteiger partial charge on any atom is 0.293 e. The predicted molar refractivity (Wildman–Crippen MR) is 104 cm³/mol. The van der Waals surface area contributed by atoms with Crippen molar-refractivity contribution in [2.45, 2.75) is 18.4 Å². The third-order valence-corrected chi connectivity index (χ3v) is 7.41. The smallest absolute Gasteiger partial charge is 0.293 e. The molecule has 27 heavy (non-hydrogen) atoms. The highest BCUT2D eigenvalue weighted by Gasteiger charge is 2.29. The van der Waals surface area contributed by atoms with Gasteiger partial charge in [-0.25, -0.2) is 8.42 Å². The number of hydrogen-bond acceptors (Lipinski definition) is 7. The maximum atomic E-state index is 12.8. The zero-order valence-corrected chi connectivity index (χ0v) is 16.8. The van der Waals surface area contributed by atoms with E-state index < -0.39 is 14.9 Å². The molecule has 0 N–H and O–H groups in total. The van der Waals surface area contributed by atoms with Crippen LogP contribution in [-0.4, -0.2) is 51.0 Å². The molecule has 0 spiro atoms. The van der Waals surface area contributed by atoms with Gasteiger partial charge in [0.25, 0.3) is 5.69 Å². The third-order valence-electron chi connectivity index (χ3n) is 4.51. The summed E-state index contributed by atoms with van der Waals surface area (Å²) in [6.45, 7) is 3.64. The second-order valence-corrected chi connectivity index (χ2v) is 9.25. The molecule has 0 unspecified atom stereocenters. The van der Waals surface area contributed by atoms with E-state index in [0.717, 1.165) is 16.5 Å². The minimum atomic E-state index is -3.78. The van der Waals surface area contributed by atoms with Gasteiger partial charge in [0.15, 0.2) is 0 Å². The topological polar surface area (TPSA) is 93.0 Å². The fourth-order valence-corrected chi connectivity index (χ4v) is 5.32. The Morgan fingerprint density at radius 1 is 1.30 bits per heavy atom. The lowest BCUT2D eigenvalue weighted by atomic mass is 10.2. The quantitative estimate of drug-likeness (QED) is 0.536. The Balaban J connectivity index is 1.93. The Kier molecular flexibility index (Phi) is 5.80. The molecule has 1 aromatic carbocycles. The zero-order valence-electron chi connectivity index (χ0n) is 15.1. The lowest BCUT2D eigenvalue weighted by Crippen LogP contribution is -2.40. The average molecular weight is 412 g/mol. The van der Waals surface area contributed by atoms with Gasteiger partial charge in [-0.3, -0.25) is 10.1 Å². The lowest BCUT2D eigenvalue weighted by Gasteiger charge is -2.26. The largest absolute Gasteiger partial charge is 0.379 e. The fraction of sp³-hybridized carbons (Fsp3) is 0.412. The van der Waals surface area contributed by atoms with Crippen molar-refractivity contribution in [3.63, 3.8) is 0 Å². The number of aryl methyl sites for hydroxylation is 1. The number of ether oxygens (including phenoxy) is 1. The van der Waals surface area contributed by atoms with Crippen LogP contribution in [0.25, 0.3) is 0 Å². The monoisotopic (exact) mass is 411 g/mol. The normalized spacial score (nSPS) is 15.6. The van der Waals surface area contributed by atoms with Gasteiger partial charge in [-0.05, 0) is 36.1 Å². The summed E-state index contributed by atoms with van der Waals surface area (Å²) in [5.74, 6) is 0. The van der Waals surface area contributed by atoms with Gasteiger partial charge in [-0.1, -0.05) is 0 Å². The summed E-state index contributed by atoms with van der Waals surface area (Å²) in [6.07, 6.45) is 0. The number of nitro benzene ring substituents is 1. The van der Waals surface area contributed by atoms with Crippen LogP contribution >= 0.6 is 11.3 Å². The summed E-state index contributed by atoms with van der Waals surface area (Å²) in [4.78, 5) is 13.9. The lowest BCUT2D eigenvalue weighted by molar-refractivity contribution is -0.384. The Bertz CT molecular complexity index is 936. The van der Waals surface area contributed by atoms with Gasteiger partial charge >= 0.3 is 0 Å². The molecule has 0 atom stereocenters. The first kappa shape index (κ1) is 19.7. The number of nitrogens with zero attached hydrogens (tertiary/aromatic N) is 3. The van der Waals surface area contributed by atoms with E-state index in [4.69, 9.17) is 4.74 Å². The summed E-state index contributed by atoms with van der Waals surface area (Å²) in [7, 11) is -2.02. The molecule has 10 heteroatoms. The fourth-order valence-electron chi connectivity index (χ4n) is 2.94. The second-order valence-electron chi connectivity index (χ2n) is 6.31. The Morgan fingerprint density at radius 2 is 2.00 bits per heavy atom. The first-order valence-corrected chi connectivity index (χ1v) is 10.7. The molecule has 146 valence electrons. The number of sulfonamides is 1. The molecular weight excluding hydrogens is 390 g/mol. The molecular formula is C17H21N3O5S2. The van der Waals surface area contributed by atoms with E-state index >= 15 is 0 Å². The third kappa shape index (κ3) is 4.13. The highest BCUT2D eigenvalue weighted by molar-refractivity contribution is 7.89. The molecule has 2 aromatic rings. The van der Waals surface area contributed by atoms with Crippen molar-refractivity contribution in [3.05, 3.63) is 50.2 Å². The van der Waals surface area contributed by atoms with Crippen LogP contribution in [0.2, 0.25) is 0 Å². The first-order valence-electron chi connectivity index (χ1n) is 8.41. The molecule has 0 saturated carbocycles. The van der Waals surface area contributed by atoms with Crippen molar-refractivity contribution in [1.29, 1.82) is 0 Å². The van der Waals surface area contributed by atoms with Crippen molar-refractivity contribution >= 4 is 32.7 Å². The number of rotatable bonds is 6. The van der Waals surface area contributed by atoms with Gasteiger partial charge in [-0.15, -0.1) is 11.3 Å². The molecule has 1 aromatic heterocycles. The standard InChI is InChI=1S/C17H21N3O5S2/c1-13-5-10-26-17(13)12-18(2)15-4-3-14(11-16(15)20(21)22)27(23,24)19-6-8-25-9-7-19/h3-5,10-11H,6-9,12H2,1-2H3. The molecule has 1 aliphatic heterocycles. The molecule has 0 amide bonds. The molecule has 1 saturated heterocycles. The highest BCUT2D eigenvalue weighted by atomic mass is 32.2. The summed E-state index contributed by atoms with van der Waals surface area (Å²) in [5.41, 5.74) is 1.29. The summed E-state index contributed by atoms with van der Waals surface area (Å²) < 4.78 is 32.0. The van der Waals surface area contributed by atoms with Crippen LogP contribution in [0.15, 0.2) is 34.5 Å². The van der Waals surface area contributed by atoms with Crippen LogP contribution in [-0.2, 0) is 21.3 Å². The zero-order chi connectivity index (χ0) is 19.6. The number of morpholine rings is 1. The van der Waals surface area contributed by atoms with Crippen LogP contribution in [0.3, 0.4) is 0 Å². The van der Waals surface area contributed by atoms with E-state index in [1.54, 1.807) is 23.3 Å². The van der Waals surface area contributed by atoms with E-state index in [0.29, 0.717) is 25.4 Å². The van der Waals surface area contributed by atoms with Gasteiger partial charge in [0.1, 0.15) is 5.69 Å². The van der Waals surface area contributed by atoms with Crippen LogP contribution < -0.4 is 4.90 Å². The molecule has 0 radical (unpaired) electrons. The average Bonchev–Trinajstić information content (AvgIpc) is 3.06. The molecule has 3 rings (SSSR count). The predicted octanol–water partition coefficient (Wildman–Crippen LogP) is 2.62. The SMILES string of the molecule is Cc1ccsc1CN(C)c1ccc(S(=O)(=O)N2CCOCC2)cc1[N+](=O)[O-]. The van der Waals surface area contributed by atoms with E-state index in [2.05, 4.69) is 0 Å². The molecule has 1 fully saturated rings. The number of benzene rings is 1. The molecule has 1 aliphatic rings. The van der Waals surface area contributed by atoms with Gasteiger partial charge in [0, 0.05) is 31.1 Å². The van der Waals surface area contributed by atoms with Crippen molar-refractivity contribution in [3.8, 4) is 0 Å². The Hall–Kier alpha value is -2.01. The van der Waals surface area contributed by atoms with E-state index in [9.17, 15) is 18.5 Å². The molecule has 0 bridgehead atoms. The molecule has 0 aliphatic carbocycles. The van der Waals surface area contributed by atoms with Crippen molar-refractivity contribution in [2.24, 2.45) is 0 Å². The van der Waals surface area contributed by atoms with Crippen LogP contribution in [0, 0.1) is 17.0 Å². The van der Waals surface area contributed by atoms with Gasteiger partial charge < -0.3 is 9.64 Å². The second kappa shape index (κ2) is 7.93. The Morgan fingerprint density at radius 3 is 2.59 bits per heavy atom. The van der Waals surface area contributed by atoms with Crippen LogP contribution in [0.4, 0.5) is 11.4 Å². The minimum absolute atomic E-state index is 0.0689. The van der Waals surface area contributed by atoms with Crippen LogP contribution in [0.5, 0.6) is 0 Å². The van der Waals surface area contributed by atoms with Gasteiger partial charge in [-0.2, -0.15) is 4.31 Å². The number of thiophene rings is 1. The van der Waals surface area contributed by atoms with Crippen molar-refractivity contribution < 1.29 is 18.1 Å². The minimum Gasteiger partial charge on any atom is -0.379 e. The highest BCUT2D eigenvalue weighted by Crippen LogP contribution is 2.33. The summed E-state index contributed by atoms with van der Waals surface area (Å²) >= 11 is 1.59. The van der Waals surface area contributed by atoms with Gasteiger partial charge in [0.2, 0.25) is 10.0 Å².